The summed E-state index contributed by atoms with van der Waals surface area (Å²) in [6.45, 7) is 7.43. The third-order valence-electron chi connectivity index (χ3n) is 5.14. The maximum Gasteiger partial charge on any atom is 0.256 e. The van der Waals surface area contributed by atoms with Gasteiger partial charge in [-0.2, -0.15) is 0 Å². The smallest absolute Gasteiger partial charge is 0.256 e. The Hall–Kier alpha value is -2.56. The van der Waals surface area contributed by atoms with E-state index in [-0.39, 0.29) is 24.4 Å². The Bertz CT molecular complexity index is 795. The van der Waals surface area contributed by atoms with Gasteiger partial charge in [-0.3, -0.25) is 9.59 Å². The van der Waals surface area contributed by atoms with Gasteiger partial charge in [0.15, 0.2) is 0 Å². The molecule has 0 spiro atoms. The zero-order chi connectivity index (χ0) is 18.1. The summed E-state index contributed by atoms with van der Waals surface area (Å²) >= 11 is 0. The van der Waals surface area contributed by atoms with E-state index in [1.54, 1.807) is 16.8 Å². The van der Waals surface area contributed by atoms with Crippen LogP contribution in [0, 0.1) is 13.8 Å². The number of hydrogen-bond acceptors (Lipinski definition) is 2. The highest BCUT2D eigenvalue weighted by atomic mass is 16.2. The van der Waals surface area contributed by atoms with Crippen LogP contribution in [0.2, 0.25) is 0 Å². The van der Waals surface area contributed by atoms with E-state index in [0.29, 0.717) is 12.1 Å². The lowest BCUT2D eigenvalue weighted by molar-refractivity contribution is -0.136. The monoisotopic (exact) mass is 339 g/mol. The van der Waals surface area contributed by atoms with Crippen LogP contribution in [0.3, 0.4) is 0 Å². The van der Waals surface area contributed by atoms with Crippen LogP contribution in [0.1, 0.15) is 34.2 Å². The summed E-state index contributed by atoms with van der Waals surface area (Å²) in [5.74, 6) is -0.0640. The zero-order valence-electron chi connectivity index (χ0n) is 15.3. The molecule has 1 fully saturated rings. The number of piperazine rings is 1. The van der Waals surface area contributed by atoms with Crippen molar-refractivity contribution < 1.29 is 9.59 Å². The molecule has 5 heteroatoms. The van der Waals surface area contributed by atoms with Crippen molar-refractivity contribution in [1.82, 2.24) is 14.4 Å². The number of carbonyl (C=O) groups excluding carboxylic acids is 2. The Labute approximate surface area is 148 Å². The standard InChI is InChI=1S/C20H25N3O2/c1-14-10-18(16(3)23(14)12-17-8-6-5-7-9-17)20(25)22-11-15(2)21(4)19(24)13-22/h5-10,15H,11-13H2,1-4H3. The molecule has 1 saturated heterocycles. The summed E-state index contributed by atoms with van der Waals surface area (Å²) in [5, 5.41) is 0. The number of nitrogens with zero attached hydrogens (tertiary/aromatic N) is 3. The van der Waals surface area contributed by atoms with Crippen LogP contribution in [0.5, 0.6) is 0 Å². The van der Waals surface area contributed by atoms with Crippen molar-refractivity contribution in [3.05, 3.63) is 58.9 Å². The molecule has 2 aromatic rings. The number of aryl methyl sites for hydroxylation is 1. The maximum absolute atomic E-state index is 13.0. The highest BCUT2D eigenvalue weighted by Crippen LogP contribution is 2.20. The van der Waals surface area contributed by atoms with Gasteiger partial charge in [-0.15, -0.1) is 0 Å². The van der Waals surface area contributed by atoms with E-state index in [4.69, 9.17) is 0 Å². The first-order chi connectivity index (χ1) is 11.9. The summed E-state index contributed by atoms with van der Waals surface area (Å²) in [6.07, 6.45) is 0. The predicted molar refractivity (Wildman–Crippen MR) is 97.6 cm³/mol. The van der Waals surface area contributed by atoms with Crippen molar-refractivity contribution in [2.24, 2.45) is 0 Å². The predicted octanol–water partition coefficient (Wildman–Crippen LogP) is 2.46. The molecule has 0 saturated carbocycles. The van der Waals surface area contributed by atoms with Crippen molar-refractivity contribution in [3.63, 3.8) is 0 Å². The van der Waals surface area contributed by atoms with Gasteiger partial charge in [-0.1, -0.05) is 30.3 Å². The molecule has 2 amide bonds. The molecule has 1 atom stereocenters. The topological polar surface area (TPSA) is 45.6 Å². The summed E-state index contributed by atoms with van der Waals surface area (Å²) in [7, 11) is 1.79. The summed E-state index contributed by atoms with van der Waals surface area (Å²) in [4.78, 5) is 28.4. The molecule has 5 nitrogen and oxygen atoms in total. The van der Waals surface area contributed by atoms with Crippen LogP contribution in [0.15, 0.2) is 36.4 Å². The van der Waals surface area contributed by atoms with Crippen molar-refractivity contribution >= 4 is 11.8 Å². The molecule has 1 unspecified atom stereocenters. The van der Waals surface area contributed by atoms with Crippen LogP contribution < -0.4 is 0 Å². The highest BCUT2D eigenvalue weighted by Gasteiger charge is 2.31. The number of rotatable bonds is 3. The molecule has 1 aromatic heterocycles. The molecule has 1 aliphatic rings. The van der Waals surface area contributed by atoms with E-state index in [0.717, 1.165) is 17.9 Å². The molecule has 0 N–H and O–H groups in total. The van der Waals surface area contributed by atoms with Gasteiger partial charge in [0.25, 0.3) is 5.91 Å². The van der Waals surface area contributed by atoms with E-state index < -0.39 is 0 Å². The molecular formula is C20H25N3O2. The van der Waals surface area contributed by atoms with Gasteiger partial charge in [-0.25, -0.2) is 0 Å². The second-order valence-corrected chi connectivity index (χ2v) is 6.90. The van der Waals surface area contributed by atoms with Crippen LogP contribution in [0.4, 0.5) is 0 Å². The first kappa shape index (κ1) is 17.3. The van der Waals surface area contributed by atoms with Crippen LogP contribution in [-0.4, -0.2) is 52.4 Å². The fourth-order valence-electron chi connectivity index (χ4n) is 3.38. The Morgan fingerprint density at radius 1 is 1.20 bits per heavy atom. The van der Waals surface area contributed by atoms with E-state index >= 15 is 0 Å². The van der Waals surface area contributed by atoms with Gasteiger partial charge in [0, 0.05) is 37.6 Å². The van der Waals surface area contributed by atoms with Crippen molar-refractivity contribution in [2.45, 2.75) is 33.4 Å². The molecular weight excluding hydrogens is 314 g/mol. The summed E-state index contributed by atoms with van der Waals surface area (Å²) in [6, 6.07) is 12.2. The molecule has 0 aliphatic carbocycles. The van der Waals surface area contributed by atoms with Gasteiger partial charge < -0.3 is 14.4 Å². The van der Waals surface area contributed by atoms with Gasteiger partial charge in [0.2, 0.25) is 5.91 Å². The Morgan fingerprint density at radius 2 is 1.88 bits per heavy atom. The molecule has 25 heavy (non-hydrogen) atoms. The molecule has 1 aliphatic heterocycles. The summed E-state index contributed by atoms with van der Waals surface area (Å²) < 4.78 is 2.16. The second kappa shape index (κ2) is 6.75. The minimum absolute atomic E-state index is 0.00908. The molecule has 2 heterocycles. The van der Waals surface area contributed by atoms with E-state index in [2.05, 4.69) is 16.7 Å². The van der Waals surface area contributed by atoms with E-state index in [9.17, 15) is 9.59 Å². The van der Waals surface area contributed by atoms with E-state index in [1.807, 2.05) is 45.0 Å². The van der Waals surface area contributed by atoms with Crippen LogP contribution in [0.25, 0.3) is 0 Å². The Balaban J connectivity index is 1.85. The molecule has 1 aromatic carbocycles. The molecule has 3 rings (SSSR count). The third-order valence-corrected chi connectivity index (χ3v) is 5.14. The third kappa shape index (κ3) is 3.31. The number of amides is 2. The highest BCUT2D eigenvalue weighted by molar-refractivity contribution is 5.98. The lowest BCUT2D eigenvalue weighted by Gasteiger charge is -2.37. The minimum atomic E-state index is -0.0549. The SMILES string of the molecule is Cc1cc(C(=O)N2CC(=O)N(C)C(C)C2)c(C)n1Cc1ccccc1. The van der Waals surface area contributed by atoms with Gasteiger partial charge in [-0.05, 0) is 32.4 Å². The summed E-state index contributed by atoms with van der Waals surface area (Å²) in [5.41, 5.74) is 3.90. The van der Waals surface area contributed by atoms with Crippen molar-refractivity contribution in [1.29, 1.82) is 0 Å². The largest absolute Gasteiger partial charge is 0.344 e. The fourth-order valence-corrected chi connectivity index (χ4v) is 3.38. The molecule has 0 bridgehead atoms. The normalized spacial score (nSPS) is 17.9. The number of hydrogen-bond donors (Lipinski definition) is 0. The van der Waals surface area contributed by atoms with Crippen molar-refractivity contribution in [2.75, 3.05) is 20.1 Å². The first-order valence-electron chi connectivity index (χ1n) is 8.64. The Morgan fingerprint density at radius 3 is 2.52 bits per heavy atom. The van der Waals surface area contributed by atoms with Crippen LogP contribution in [-0.2, 0) is 11.3 Å². The number of benzene rings is 1. The van der Waals surface area contributed by atoms with E-state index in [1.165, 1.54) is 5.56 Å². The quantitative estimate of drug-likeness (QED) is 0.862. The van der Waals surface area contributed by atoms with Gasteiger partial charge in [0.05, 0.1) is 5.56 Å². The average molecular weight is 339 g/mol. The number of carbonyl (C=O) groups is 2. The first-order valence-corrected chi connectivity index (χ1v) is 8.64. The zero-order valence-corrected chi connectivity index (χ0v) is 15.3. The average Bonchev–Trinajstić information content (AvgIpc) is 2.87. The minimum Gasteiger partial charge on any atom is -0.344 e. The number of likely N-dealkylation sites (N-methyl/N-ethyl adjacent to an activating group) is 1. The van der Waals surface area contributed by atoms with Gasteiger partial charge in [0.1, 0.15) is 6.54 Å². The molecule has 0 radical (unpaired) electrons. The lowest BCUT2D eigenvalue weighted by Crippen LogP contribution is -2.55. The second-order valence-electron chi connectivity index (χ2n) is 6.90. The van der Waals surface area contributed by atoms with Crippen LogP contribution >= 0.6 is 0 Å². The van der Waals surface area contributed by atoms with Gasteiger partial charge >= 0.3 is 0 Å². The Kier molecular flexibility index (Phi) is 4.66. The lowest BCUT2D eigenvalue weighted by atomic mass is 10.1. The maximum atomic E-state index is 13.0. The molecule has 132 valence electrons. The fraction of sp³-hybridized carbons (Fsp3) is 0.400. The van der Waals surface area contributed by atoms with Crippen molar-refractivity contribution in [3.8, 4) is 0 Å². The number of aromatic nitrogens is 1.